The zero-order valence-electron chi connectivity index (χ0n) is 11.3. The van der Waals surface area contributed by atoms with Gasteiger partial charge in [-0.1, -0.05) is 15.9 Å². The van der Waals surface area contributed by atoms with Crippen LogP contribution in [0.15, 0.2) is 22.8 Å². The smallest absolute Gasteiger partial charge is 0.357 e. The molecular weight excluding hydrogens is 449 g/mol. The Hall–Kier alpha value is -1.53. The lowest BCUT2D eigenvalue weighted by Gasteiger charge is -2.13. The van der Waals surface area contributed by atoms with E-state index in [-0.39, 0.29) is 16.9 Å². The van der Waals surface area contributed by atoms with Gasteiger partial charge in [-0.15, -0.1) is 0 Å². The molecule has 2 aromatic rings. The fraction of sp³-hybridized carbons (Fsp3) is 0.143. The Morgan fingerprint density at radius 1 is 1.52 bits per heavy atom. The number of rotatable bonds is 2. The Morgan fingerprint density at radius 3 is 2.76 bits per heavy atom. The zero-order valence-corrected chi connectivity index (χ0v) is 15.0. The number of esters is 1. The highest BCUT2D eigenvalue weighted by Gasteiger charge is 2.23. The van der Waals surface area contributed by atoms with Crippen LogP contribution in [0.4, 0.5) is 5.69 Å². The first-order chi connectivity index (χ1) is 9.92. The molecule has 1 heterocycles. The van der Waals surface area contributed by atoms with Crippen LogP contribution in [0.25, 0.3) is 5.69 Å². The van der Waals surface area contributed by atoms with E-state index in [0.717, 1.165) is 19.3 Å². The number of nitrogen functional groups attached to an aromatic ring is 1. The van der Waals surface area contributed by atoms with Gasteiger partial charge in [0.15, 0.2) is 5.69 Å². The number of nitrogens with two attached hydrogens (primary N) is 1. The minimum Gasteiger partial charge on any atom is -0.464 e. The van der Waals surface area contributed by atoms with E-state index >= 15 is 0 Å². The highest BCUT2D eigenvalue weighted by atomic mass is 127. The van der Waals surface area contributed by atoms with E-state index < -0.39 is 5.97 Å². The number of benzene rings is 1. The van der Waals surface area contributed by atoms with Crippen molar-refractivity contribution in [2.24, 2.45) is 0 Å². The second-order valence-corrected chi connectivity index (χ2v) is 6.22. The van der Waals surface area contributed by atoms with Crippen molar-refractivity contribution in [2.45, 2.75) is 6.92 Å². The van der Waals surface area contributed by atoms with Crippen LogP contribution in [0.2, 0.25) is 0 Å². The monoisotopic (exact) mass is 459 g/mol. The molecule has 0 aliphatic heterocycles. The molecule has 1 aromatic carbocycles. The molecule has 0 atom stereocenters. The van der Waals surface area contributed by atoms with E-state index in [1.807, 2.05) is 25.1 Å². The molecule has 0 spiro atoms. The number of methoxy groups -OCH3 is 1. The lowest BCUT2D eigenvalue weighted by atomic mass is 10.2. The number of nitrogens with zero attached hydrogens (tertiary/aromatic N) is 2. The molecule has 21 heavy (non-hydrogen) atoms. The van der Waals surface area contributed by atoms with Gasteiger partial charge in [-0.25, -0.2) is 4.79 Å². The van der Waals surface area contributed by atoms with Gasteiger partial charge in [0.2, 0.25) is 0 Å². The van der Waals surface area contributed by atoms with Crippen LogP contribution in [-0.4, -0.2) is 17.6 Å². The molecule has 0 bridgehead atoms. The molecule has 5 nitrogen and oxygen atoms in total. The molecule has 2 rings (SSSR count). The average Bonchev–Trinajstić information content (AvgIpc) is 2.80. The molecule has 0 aliphatic carbocycles. The SMILES string of the molecule is COC(=O)c1c(N)c(C#N)cn1-c1ccc(Br)c(C)c1I. The van der Waals surface area contributed by atoms with Crippen LogP contribution < -0.4 is 5.73 Å². The lowest BCUT2D eigenvalue weighted by Crippen LogP contribution is -2.12. The largest absolute Gasteiger partial charge is 0.464 e. The third-order valence-corrected chi connectivity index (χ3v) is 5.32. The van der Waals surface area contributed by atoms with E-state index in [1.54, 1.807) is 10.8 Å². The number of ether oxygens (including phenoxy) is 1. The number of aromatic nitrogens is 1. The summed E-state index contributed by atoms with van der Waals surface area (Å²) >= 11 is 5.66. The van der Waals surface area contributed by atoms with Crippen molar-refractivity contribution in [1.82, 2.24) is 4.57 Å². The Labute approximate surface area is 144 Å². The second kappa shape index (κ2) is 6.07. The Balaban J connectivity index is 2.79. The standard InChI is InChI=1S/C14H11BrIN3O2/c1-7-9(15)3-4-10(11(7)16)19-6-8(5-17)12(18)13(19)14(20)21-2/h3-4,6H,18H2,1-2H3. The van der Waals surface area contributed by atoms with Crippen molar-refractivity contribution < 1.29 is 9.53 Å². The van der Waals surface area contributed by atoms with Gasteiger partial charge in [0.05, 0.1) is 24.0 Å². The Bertz CT molecular complexity index is 778. The maximum atomic E-state index is 12.0. The maximum absolute atomic E-state index is 12.0. The van der Waals surface area contributed by atoms with Gasteiger partial charge in [0.1, 0.15) is 6.07 Å². The summed E-state index contributed by atoms with van der Waals surface area (Å²) in [6, 6.07) is 5.72. The van der Waals surface area contributed by atoms with E-state index in [9.17, 15) is 4.79 Å². The minimum absolute atomic E-state index is 0.126. The van der Waals surface area contributed by atoms with E-state index in [4.69, 9.17) is 15.7 Å². The number of hydrogen-bond donors (Lipinski definition) is 1. The van der Waals surface area contributed by atoms with Gasteiger partial charge < -0.3 is 15.0 Å². The van der Waals surface area contributed by atoms with Gasteiger partial charge in [-0.3, -0.25) is 0 Å². The van der Waals surface area contributed by atoms with E-state index in [0.29, 0.717) is 0 Å². The van der Waals surface area contributed by atoms with Crippen LogP contribution in [0.1, 0.15) is 21.6 Å². The number of hydrogen-bond acceptors (Lipinski definition) is 4. The van der Waals surface area contributed by atoms with Gasteiger partial charge in [-0.05, 0) is 47.2 Å². The van der Waals surface area contributed by atoms with Crippen molar-refractivity contribution in [1.29, 1.82) is 5.26 Å². The van der Waals surface area contributed by atoms with Crippen molar-refractivity contribution in [2.75, 3.05) is 12.8 Å². The molecule has 0 saturated carbocycles. The van der Waals surface area contributed by atoms with Crippen LogP contribution in [0, 0.1) is 21.8 Å². The molecule has 0 amide bonds. The quantitative estimate of drug-likeness (QED) is 0.551. The van der Waals surface area contributed by atoms with E-state index in [1.165, 1.54) is 7.11 Å². The first kappa shape index (κ1) is 15.9. The predicted molar refractivity (Wildman–Crippen MR) is 91.4 cm³/mol. The number of anilines is 1. The van der Waals surface area contributed by atoms with Gasteiger partial charge in [0.25, 0.3) is 0 Å². The molecule has 0 aliphatic rings. The normalized spacial score (nSPS) is 10.2. The molecule has 7 heteroatoms. The highest BCUT2D eigenvalue weighted by molar-refractivity contribution is 14.1. The van der Waals surface area contributed by atoms with Crippen molar-refractivity contribution in [3.63, 3.8) is 0 Å². The average molecular weight is 460 g/mol. The molecular formula is C14H11BrIN3O2. The first-order valence-electron chi connectivity index (χ1n) is 5.86. The minimum atomic E-state index is -0.578. The summed E-state index contributed by atoms with van der Waals surface area (Å²) in [7, 11) is 1.28. The molecule has 1 aromatic heterocycles. The fourth-order valence-corrected chi connectivity index (χ4v) is 3.37. The Morgan fingerprint density at radius 2 is 2.19 bits per heavy atom. The van der Waals surface area contributed by atoms with Crippen molar-refractivity contribution in [3.8, 4) is 11.8 Å². The molecule has 0 fully saturated rings. The molecule has 0 unspecified atom stereocenters. The third-order valence-electron chi connectivity index (χ3n) is 3.10. The fourth-order valence-electron chi connectivity index (χ4n) is 1.94. The first-order valence-corrected chi connectivity index (χ1v) is 7.73. The molecule has 0 saturated heterocycles. The Kier molecular flexibility index (Phi) is 4.58. The molecule has 108 valence electrons. The maximum Gasteiger partial charge on any atom is 0.357 e. The van der Waals surface area contributed by atoms with Gasteiger partial charge >= 0.3 is 5.97 Å². The van der Waals surface area contributed by atoms with E-state index in [2.05, 4.69) is 38.5 Å². The van der Waals surface area contributed by atoms with Crippen LogP contribution in [0.5, 0.6) is 0 Å². The summed E-state index contributed by atoms with van der Waals surface area (Å²) in [6.07, 6.45) is 1.55. The van der Waals surface area contributed by atoms with Crippen LogP contribution >= 0.6 is 38.5 Å². The van der Waals surface area contributed by atoms with Gasteiger partial charge in [0, 0.05) is 14.2 Å². The molecule has 0 radical (unpaired) electrons. The number of carbonyl (C=O) groups excluding carboxylic acids is 1. The van der Waals surface area contributed by atoms with Crippen molar-refractivity contribution in [3.05, 3.63) is 43.2 Å². The number of nitriles is 1. The summed E-state index contributed by atoms with van der Waals surface area (Å²) in [5, 5.41) is 9.12. The summed E-state index contributed by atoms with van der Waals surface area (Å²) < 4.78 is 8.29. The van der Waals surface area contributed by atoms with Crippen LogP contribution in [0.3, 0.4) is 0 Å². The van der Waals surface area contributed by atoms with Crippen LogP contribution in [-0.2, 0) is 4.74 Å². The number of halogens is 2. The van der Waals surface area contributed by atoms with Crippen molar-refractivity contribution >= 4 is 50.2 Å². The number of carbonyl (C=O) groups is 1. The summed E-state index contributed by atoms with van der Waals surface area (Å²) in [5.74, 6) is -0.578. The summed E-state index contributed by atoms with van der Waals surface area (Å²) in [4.78, 5) is 12.0. The predicted octanol–water partition coefficient (Wildman–Crippen LogP) is 3.39. The summed E-state index contributed by atoms with van der Waals surface area (Å²) in [6.45, 7) is 1.96. The third kappa shape index (κ3) is 2.65. The molecule has 2 N–H and O–H groups in total. The lowest BCUT2D eigenvalue weighted by molar-refractivity contribution is 0.0593. The highest BCUT2D eigenvalue weighted by Crippen LogP contribution is 2.31. The summed E-state index contributed by atoms with van der Waals surface area (Å²) in [5.41, 5.74) is 8.22. The second-order valence-electron chi connectivity index (χ2n) is 4.28. The zero-order chi connectivity index (χ0) is 15.7. The van der Waals surface area contributed by atoms with Gasteiger partial charge in [-0.2, -0.15) is 5.26 Å². The topological polar surface area (TPSA) is 81.0 Å².